The van der Waals surface area contributed by atoms with Gasteiger partial charge in [0.25, 0.3) is 5.91 Å². The summed E-state index contributed by atoms with van der Waals surface area (Å²) in [6, 6.07) is 9.55. The Balaban J connectivity index is 1.78. The van der Waals surface area contributed by atoms with Crippen molar-refractivity contribution in [2.45, 2.75) is 24.8 Å². The molecule has 3 nitrogen and oxygen atoms in total. The lowest BCUT2D eigenvalue weighted by Crippen LogP contribution is -2.45. The van der Waals surface area contributed by atoms with Gasteiger partial charge in [0.15, 0.2) is 0 Å². The maximum atomic E-state index is 14.0. The van der Waals surface area contributed by atoms with Crippen LogP contribution in [0.4, 0.5) is 4.39 Å². The molecular weight excluding hydrogens is 352 g/mol. The molecule has 24 heavy (non-hydrogen) atoms. The third-order valence-corrected chi connectivity index (χ3v) is 4.94. The zero-order valence-corrected chi connectivity index (χ0v) is 14.5. The average Bonchev–Trinajstić information content (AvgIpc) is 2.53. The van der Waals surface area contributed by atoms with E-state index in [2.05, 4.69) is 5.32 Å². The van der Waals surface area contributed by atoms with Crippen LogP contribution in [-0.2, 0) is 0 Å². The van der Waals surface area contributed by atoms with E-state index in [-0.39, 0.29) is 23.3 Å². The Morgan fingerprint density at radius 3 is 2.67 bits per heavy atom. The van der Waals surface area contributed by atoms with E-state index in [0.717, 1.165) is 18.4 Å². The fourth-order valence-electron chi connectivity index (χ4n) is 2.98. The highest BCUT2D eigenvalue weighted by Gasteiger charge is 2.35. The second-order valence-corrected chi connectivity index (χ2v) is 6.59. The van der Waals surface area contributed by atoms with Gasteiger partial charge in [-0.1, -0.05) is 35.3 Å². The Labute approximate surface area is 149 Å². The fourth-order valence-corrected chi connectivity index (χ4v) is 3.53. The fraction of sp³-hybridized carbons (Fsp3) is 0.278. The van der Waals surface area contributed by atoms with Crippen LogP contribution in [0, 0.1) is 5.82 Å². The number of hydrogen-bond acceptors (Lipinski definition) is 2. The predicted molar refractivity (Wildman–Crippen MR) is 92.6 cm³/mol. The minimum absolute atomic E-state index is 0.0761. The van der Waals surface area contributed by atoms with E-state index in [4.69, 9.17) is 27.9 Å². The normalized spacial score (nSPS) is 19.5. The maximum absolute atomic E-state index is 14.0. The van der Waals surface area contributed by atoms with Crippen LogP contribution >= 0.6 is 23.2 Å². The first-order valence-corrected chi connectivity index (χ1v) is 8.35. The largest absolute Gasteiger partial charge is 0.496 e. The van der Waals surface area contributed by atoms with Crippen molar-refractivity contribution >= 4 is 29.1 Å². The minimum atomic E-state index is -0.604. The number of carbonyl (C=O) groups is 1. The van der Waals surface area contributed by atoms with Crippen LogP contribution in [0.5, 0.6) is 5.75 Å². The smallest absolute Gasteiger partial charge is 0.258 e. The van der Waals surface area contributed by atoms with Gasteiger partial charge in [0.1, 0.15) is 17.1 Å². The Kier molecular flexibility index (Phi) is 4.97. The van der Waals surface area contributed by atoms with Crippen molar-refractivity contribution in [3.63, 3.8) is 0 Å². The molecule has 2 aromatic carbocycles. The molecule has 1 aliphatic carbocycles. The summed E-state index contributed by atoms with van der Waals surface area (Å²) in [6.45, 7) is 0. The topological polar surface area (TPSA) is 38.3 Å². The second-order valence-electron chi connectivity index (χ2n) is 5.75. The Hall–Kier alpha value is -1.78. The molecule has 0 bridgehead atoms. The van der Waals surface area contributed by atoms with Gasteiger partial charge in [0.2, 0.25) is 0 Å². The molecule has 0 spiro atoms. The molecular formula is C18H16Cl2FNO2. The lowest BCUT2D eigenvalue weighted by molar-refractivity contribution is 0.0897. The highest BCUT2D eigenvalue weighted by Crippen LogP contribution is 2.41. The molecule has 126 valence electrons. The van der Waals surface area contributed by atoms with Crippen molar-refractivity contribution in [3.8, 4) is 5.75 Å². The number of nitrogens with one attached hydrogen (secondary N) is 1. The number of ether oxygens (including phenoxy) is 1. The van der Waals surface area contributed by atoms with Gasteiger partial charge in [-0.3, -0.25) is 4.79 Å². The number of carbonyl (C=O) groups excluding carboxylic acids is 1. The standard InChI is InChI=1S/C18H16Cl2FNO2/c1-24-16-4-2-3-14(21)17(16)18(23)22-15-8-7-12(15)11-6-5-10(19)9-13(11)20/h2-6,9,12,15H,7-8H2,1H3,(H,22,23)/t12-,15-/m0/s1. The van der Waals surface area contributed by atoms with Gasteiger partial charge in [-0.15, -0.1) is 0 Å². The number of halogens is 3. The van der Waals surface area contributed by atoms with Gasteiger partial charge in [-0.25, -0.2) is 4.39 Å². The first-order chi connectivity index (χ1) is 11.5. The summed E-state index contributed by atoms with van der Waals surface area (Å²) in [5, 5.41) is 4.04. The summed E-state index contributed by atoms with van der Waals surface area (Å²) >= 11 is 12.2. The van der Waals surface area contributed by atoms with Crippen molar-refractivity contribution in [3.05, 3.63) is 63.4 Å². The maximum Gasteiger partial charge on any atom is 0.258 e. The van der Waals surface area contributed by atoms with Crippen LogP contribution in [0.3, 0.4) is 0 Å². The molecule has 2 atom stereocenters. The molecule has 0 heterocycles. The number of methoxy groups -OCH3 is 1. The zero-order chi connectivity index (χ0) is 17.3. The van der Waals surface area contributed by atoms with Gasteiger partial charge >= 0.3 is 0 Å². The molecule has 1 amide bonds. The molecule has 1 N–H and O–H groups in total. The van der Waals surface area contributed by atoms with E-state index in [1.54, 1.807) is 18.2 Å². The molecule has 1 fully saturated rings. The highest BCUT2D eigenvalue weighted by molar-refractivity contribution is 6.35. The lowest BCUT2D eigenvalue weighted by Gasteiger charge is -2.38. The van der Waals surface area contributed by atoms with Crippen molar-refractivity contribution in [1.82, 2.24) is 5.32 Å². The van der Waals surface area contributed by atoms with Gasteiger partial charge in [-0.05, 0) is 42.7 Å². The second kappa shape index (κ2) is 6.99. The first kappa shape index (κ1) is 17.1. The SMILES string of the molecule is COc1cccc(F)c1C(=O)N[C@H]1CC[C@H]1c1ccc(Cl)cc1Cl. The molecule has 0 unspecified atom stereocenters. The molecule has 0 saturated heterocycles. The molecule has 2 aromatic rings. The number of amides is 1. The monoisotopic (exact) mass is 367 g/mol. The zero-order valence-electron chi connectivity index (χ0n) is 13.0. The van der Waals surface area contributed by atoms with Crippen molar-refractivity contribution in [2.24, 2.45) is 0 Å². The van der Waals surface area contributed by atoms with E-state index < -0.39 is 11.7 Å². The summed E-state index contributed by atoms with van der Waals surface area (Å²) in [7, 11) is 1.41. The Morgan fingerprint density at radius 1 is 1.25 bits per heavy atom. The third kappa shape index (κ3) is 3.21. The Morgan fingerprint density at radius 2 is 2.04 bits per heavy atom. The van der Waals surface area contributed by atoms with E-state index in [1.807, 2.05) is 6.07 Å². The van der Waals surface area contributed by atoms with Crippen LogP contribution in [0.2, 0.25) is 10.0 Å². The van der Waals surface area contributed by atoms with Crippen LogP contribution in [-0.4, -0.2) is 19.1 Å². The number of rotatable bonds is 4. The van der Waals surface area contributed by atoms with Gasteiger partial charge < -0.3 is 10.1 Å². The first-order valence-electron chi connectivity index (χ1n) is 7.59. The van der Waals surface area contributed by atoms with Crippen molar-refractivity contribution in [1.29, 1.82) is 0 Å². The summed E-state index contributed by atoms with van der Waals surface area (Å²) in [5.74, 6) is -0.777. The van der Waals surface area contributed by atoms with Crippen molar-refractivity contribution in [2.75, 3.05) is 7.11 Å². The van der Waals surface area contributed by atoms with Crippen LogP contribution in [0.25, 0.3) is 0 Å². The molecule has 1 saturated carbocycles. The molecule has 6 heteroatoms. The van der Waals surface area contributed by atoms with E-state index in [1.165, 1.54) is 19.2 Å². The van der Waals surface area contributed by atoms with Gasteiger partial charge in [-0.2, -0.15) is 0 Å². The Bertz CT molecular complexity index is 782. The van der Waals surface area contributed by atoms with E-state index >= 15 is 0 Å². The minimum Gasteiger partial charge on any atom is -0.496 e. The van der Waals surface area contributed by atoms with Crippen molar-refractivity contribution < 1.29 is 13.9 Å². The lowest BCUT2D eigenvalue weighted by atomic mass is 9.75. The summed E-state index contributed by atoms with van der Waals surface area (Å²) in [5.41, 5.74) is 0.867. The summed E-state index contributed by atoms with van der Waals surface area (Å²) < 4.78 is 19.1. The number of hydrogen-bond donors (Lipinski definition) is 1. The van der Waals surface area contributed by atoms with Gasteiger partial charge in [0.05, 0.1) is 7.11 Å². The average molecular weight is 368 g/mol. The van der Waals surface area contributed by atoms with Crippen LogP contribution in [0.15, 0.2) is 36.4 Å². The number of benzene rings is 2. The van der Waals surface area contributed by atoms with Crippen LogP contribution in [0.1, 0.15) is 34.7 Å². The molecule has 3 rings (SSSR count). The molecule has 1 aliphatic rings. The van der Waals surface area contributed by atoms with E-state index in [0.29, 0.717) is 10.0 Å². The van der Waals surface area contributed by atoms with E-state index in [9.17, 15) is 9.18 Å². The molecule has 0 aromatic heterocycles. The predicted octanol–water partition coefficient (Wildman–Crippen LogP) is 4.82. The quantitative estimate of drug-likeness (QED) is 0.841. The molecule has 0 aliphatic heterocycles. The van der Waals surface area contributed by atoms with Gasteiger partial charge in [0, 0.05) is 22.0 Å². The summed E-state index contributed by atoms with van der Waals surface area (Å²) in [4.78, 5) is 12.5. The van der Waals surface area contributed by atoms with Crippen LogP contribution < -0.4 is 10.1 Å². The molecule has 0 radical (unpaired) electrons. The highest BCUT2D eigenvalue weighted by atomic mass is 35.5. The summed E-state index contributed by atoms with van der Waals surface area (Å²) in [6.07, 6.45) is 1.72. The third-order valence-electron chi connectivity index (χ3n) is 4.38.